The van der Waals surface area contributed by atoms with Crippen molar-refractivity contribution in [1.82, 2.24) is 5.32 Å². The average Bonchev–Trinajstić information content (AvgIpc) is 2.78. The van der Waals surface area contributed by atoms with E-state index in [1.165, 1.54) is 23.5 Å². The van der Waals surface area contributed by atoms with Gasteiger partial charge in [0.2, 0.25) is 5.91 Å². The molecule has 0 radical (unpaired) electrons. The van der Waals surface area contributed by atoms with Crippen molar-refractivity contribution < 1.29 is 9.18 Å². The largest absolute Gasteiger partial charge is 0.366 e. The van der Waals surface area contributed by atoms with Gasteiger partial charge < -0.3 is 11.1 Å². The molecule has 18 heavy (non-hydrogen) atoms. The van der Waals surface area contributed by atoms with Gasteiger partial charge in [-0.25, -0.2) is 4.39 Å². The Hall–Kier alpha value is -1.72. The minimum absolute atomic E-state index is 0.235. The molecule has 94 valence electrons. The molecule has 1 heterocycles. The number of thiophene rings is 1. The van der Waals surface area contributed by atoms with E-state index in [2.05, 4.69) is 5.32 Å². The van der Waals surface area contributed by atoms with E-state index < -0.39 is 5.91 Å². The SMILES string of the molecule is NC(=O)c1csc(CNCc2cccc(F)c2)c1. The van der Waals surface area contributed by atoms with Crippen molar-refractivity contribution in [3.05, 3.63) is 57.5 Å². The number of primary amides is 1. The van der Waals surface area contributed by atoms with Crippen LogP contribution in [0.4, 0.5) is 4.39 Å². The highest BCUT2D eigenvalue weighted by atomic mass is 32.1. The van der Waals surface area contributed by atoms with Crippen LogP contribution < -0.4 is 11.1 Å². The van der Waals surface area contributed by atoms with E-state index in [1.807, 2.05) is 6.07 Å². The van der Waals surface area contributed by atoms with Gasteiger partial charge in [0.15, 0.2) is 0 Å². The first-order valence-electron chi connectivity index (χ1n) is 5.47. The number of carbonyl (C=O) groups excluding carboxylic acids is 1. The van der Waals surface area contributed by atoms with Crippen LogP contribution in [0.2, 0.25) is 0 Å². The molecule has 0 aliphatic rings. The Balaban J connectivity index is 1.86. The second-order valence-corrected chi connectivity index (χ2v) is 4.90. The third kappa shape index (κ3) is 3.38. The second kappa shape index (κ2) is 5.75. The molecule has 0 aliphatic carbocycles. The predicted octanol–water partition coefficient (Wildman–Crippen LogP) is 2.28. The Kier molecular flexibility index (Phi) is 4.07. The standard InChI is InChI=1S/C13H13FN2OS/c14-11-3-1-2-9(4-11)6-16-7-12-5-10(8-18-12)13(15)17/h1-5,8,16H,6-7H2,(H2,15,17). The molecule has 3 nitrogen and oxygen atoms in total. The fourth-order valence-electron chi connectivity index (χ4n) is 1.58. The summed E-state index contributed by atoms with van der Waals surface area (Å²) in [5.74, 6) is -0.649. The van der Waals surface area contributed by atoms with Gasteiger partial charge in [-0.3, -0.25) is 4.79 Å². The van der Waals surface area contributed by atoms with Crippen molar-refractivity contribution in [3.63, 3.8) is 0 Å². The molecule has 2 aromatic rings. The zero-order valence-electron chi connectivity index (χ0n) is 9.65. The van der Waals surface area contributed by atoms with Crippen LogP contribution in [0.3, 0.4) is 0 Å². The third-order valence-electron chi connectivity index (χ3n) is 2.46. The maximum atomic E-state index is 12.9. The number of carbonyl (C=O) groups is 1. The number of amides is 1. The normalized spacial score (nSPS) is 10.5. The smallest absolute Gasteiger partial charge is 0.249 e. The van der Waals surface area contributed by atoms with Crippen molar-refractivity contribution in [3.8, 4) is 0 Å². The first kappa shape index (κ1) is 12.7. The quantitative estimate of drug-likeness (QED) is 0.870. The molecule has 1 amide bonds. The zero-order valence-corrected chi connectivity index (χ0v) is 10.5. The summed E-state index contributed by atoms with van der Waals surface area (Å²) in [5, 5.41) is 4.93. The zero-order chi connectivity index (χ0) is 13.0. The molecule has 0 spiro atoms. The molecule has 0 atom stereocenters. The summed E-state index contributed by atoms with van der Waals surface area (Å²) in [5.41, 5.74) is 6.59. The minimum Gasteiger partial charge on any atom is -0.366 e. The molecule has 0 fully saturated rings. The number of halogens is 1. The first-order valence-corrected chi connectivity index (χ1v) is 6.35. The van der Waals surface area contributed by atoms with Crippen LogP contribution in [0.15, 0.2) is 35.7 Å². The van der Waals surface area contributed by atoms with E-state index in [0.717, 1.165) is 10.4 Å². The van der Waals surface area contributed by atoms with Gasteiger partial charge in [0, 0.05) is 23.3 Å². The maximum Gasteiger partial charge on any atom is 0.249 e. The van der Waals surface area contributed by atoms with Crippen molar-refractivity contribution in [1.29, 1.82) is 0 Å². The number of rotatable bonds is 5. The van der Waals surface area contributed by atoms with Crippen molar-refractivity contribution in [2.24, 2.45) is 5.73 Å². The van der Waals surface area contributed by atoms with Gasteiger partial charge in [-0.15, -0.1) is 11.3 Å². The Morgan fingerprint density at radius 3 is 2.83 bits per heavy atom. The number of hydrogen-bond donors (Lipinski definition) is 2. The van der Waals surface area contributed by atoms with Crippen molar-refractivity contribution in [2.75, 3.05) is 0 Å². The van der Waals surface area contributed by atoms with E-state index in [-0.39, 0.29) is 5.82 Å². The lowest BCUT2D eigenvalue weighted by Gasteiger charge is -2.03. The van der Waals surface area contributed by atoms with E-state index in [4.69, 9.17) is 5.73 Å². The van der Waals surface area contributed by atoms with E-state index in [1.54, 1.807) is 17.5 Å². The fourth-order valence-corrected chi connectivity index (χ4v) is 2.42. The third-order valence-corrected chi connectivity index (χ3v) is 3.39. The molecule has 0 aliphatic heterocycles. The van der Waals surface area contributed by atoms with Gasteiger partial charge in [0.1, 0.15) is 5.82 Å². The fraction of sp³-hybridized carbons (Fsp3) is 0.154. The summed E-state index contributed by atoms with van der Waals surface area (Å²) in [6, 6.07) is 8.23. The lowest BCUT2D eigenvalue weighted by Crippen LogP contribution is -2.12. The Morgan fingerprint density at radius 2 is 2.17 bits per heavy atom. The van der Waals surface area contributed by atoms with Crippen LogP contribution in [0.5, 0.6) is 0 Å². The maximum absolute atomic E-state index is 12.9. The molecular formula is C13H13FN2OS. The van der Waals surface area contributed by atoms with Crippen LogP contribution in [0.1, 0.15) is 20.8 Å². The Bertz CT molecular complexity index is 553. The molecule has 5 heteroatoms. The van der Waals surface area contributed by atoms with Gasteiger partial charge in [0.05, 0.1) is 5.56 Å². The summed E-state index contributed by atoms with van der Waals surface area (Å²) >= 11 is 1.48. The molecule has 0 saturated heterocycles. The van der Waals surface area contributed by atoms with Crippen molar-refractivity contribution in [2.45, 2.75) is 13.1 Å². The minimum atomic E-state index is -0.414. The molecule has 2 rings (SSSR count). The van der Waals surface area contributed by atoms with Crippen LogP contribution in [0, 0.1) is 5.82 Å². The summed E-state index contributed by atoms with van der Waals surface area (Å²) in [6.45, 7) is 1.22. The predicted molar refractivity (Wildman–Crippen MR) is 69.8 cm³/mol. The van der Waals surface area contributed by atoms with Gasteiger partial charge in [-0.1, -0.05) is 12.1 Å². The number of benzene rings is 1. The summed E-state index contributed by atoms with van der Waals surface area (Å²) in [7, 11) is 0. The Morgan fingerprint density at radius 1 is 1.33 bits per heavy atom. The number of hydrogen-bond acceptors (Lipinski definition) is 3. The summed E-state index contributed by atoms with van der Waals surface area (Å²) in [6.07, 6.45) is 0. The molecular weight excluding hydrogens is 251 g/mol. The summed E-state index contributed by atoms with van der Waals surface area (Å²) < 4.78 is 12.9. The molecule has 1 aromatic heterocycles. The van der Waals surface area contributed by atoms with E-state index in [9.17, 15) is 9.18 Å². The topological polar surface area (TPSA) is 55.1 Å². The monoisotopic (exact) mass is 264 g/mol. The molecule has 0 unspecified atom stereocenters. The highest BCUT2D eigenvalue weighted by molar-refractivity contribution is 7.10. The van der Waals surface area contributed by atoms with Gasteiger partial charge in [0.25, 0.3) is 0 Å². The molecule has 3 N–H and O–H groups in total. The lowest BCUT2D eigenvalue weighted by molar-refractivity contribution is 0.100. The average molecular weight is 264 g/mol. The van der Waals surface area contributed by atoms with Crippen molar-refractivity contribution >= 4 is 17.2 Å². The Labute approximate surface area is 108 Å². The van der Waals surface area contributed by atoms with E-state index in [0.29, 0.717) is 18.7 Å². The molecule has 1 aromatic carbocycles. The number of nitrogens with one attached hydrogen (secondary N) is 1. The van der Waals surface area contributed by atoms with Crippen LogP contribution in [-0.2, 0) is 13.1 Å². The highest BCUT2D eigenvalue weighted by Crippen LogP contribution is 2.14. The van der Waals surface area contributed by atoms with E-state index >= 15 is 0 Å². The number of nitrogens with two attached hydrogens (primary N) is 1. The second-order valence-electron chi connectivity index (χ2n) is 3.90. The van der Waals surface area contributed by atoms with Crippen LogP contribution in [0.25, 0.3) is 0 Å². The van der Waals surface area contributed by atoms with Crippen LogP contribution in [-0.4, -0.2) is 5.91 Å². The molecule has 0 bridgehead atoms. The first-order chi connectivity index (χ1) is 8.65. The van der Waals surface area contributed by atoms with Gasteiger partial charge in [-0.2, -0.15) is 0 Å². The summed E-state index contributed by atoms with van der Waals surface area (Å²) in [4.78, 5) is 11.9. The van der Waals surface area contributed by atoms with Crippen LogP contribution >= 0.6 is 11.3 Å². The molecule has 0 saturated carbocycles. The van der Waals surface area contributed by atoms with Gasteiger partial charge >= 0.3 is 0 Å². The lowest BCUT2D eigenvalue weighted by atomic mass is 10.2. The highest BCUT2D eigenvalue weighted by Gasteiger charge is 2.04. The van der Waals surface area contributed by atoms with Gasteiger partial charge in [-0.05, 0) is 23.8 Å².